The fourth-order valence-corrected chi connectivity index (χ4v) is 3.13. The van der Waals surface area contributed by atoms with Gasteiger partial charge in [0.1, 0.15) is 0 Å². The molecule has 0 bridgehead atoms. The minimum atomic E-state index is 0.786. The second-order valence-electron chi connectivity index (χ2n) is 4.94. The maximum Gasteiger partial charge on any atom is 0.151 e. The van der Waals surface area contributed by atoms with Gasteiger partial charge >= 0.3 is 0 Å². The van der Waals surface area contributed by atoms with Crippen LogP contribution in [0.3, 0.4) is 0 Å². The van der Waals surface area contributed by atoms with Crippen LogP contribution in [-0.2, 0) is 5.75 Å². The molecule has 0 radical (unpaired) electrons. The summed E-state index contributed by atoms with van der Waals surface area (Å²) < 4.78 is 0. The monoisotopic (exact) mass is 270 g/mol. The van der Waals surface area contributed by atoms with Crippen LogP contribution in [0.2, 0.25) is 0 Å². The van der Waals surface area contributed by atoms with Gasteiger partial charge in [0.2, 0.25) is 0 Å². The summed E-state index contributed by atoms with van der Waals surface area (Å²) in [4.78, 5) is 12.1. The highest BCUT2D eigenvalue weighted by atomic mass is 32.2. The van der Waals surface area contributed by atoms with Gasteiger partial charge in [-0.15, -0.1) is 11.8 Å². The standard InChI is InChI=1S/C17H18OS/c1-12-4-5-17(16(9-12)10-18)19-11-15-7-13(2)6-14(3)8-15/h4-10H,11H2,1-3H3. The summed E-state index contributed by atoms with van der Waals surface area (Å²) in [5, 5.41) is 0. The topological polar surface area (TPSA) is 17.1 Å². The smallest absolute Gasteiger partial charge is 0.151 e. The van der Waals surface area contributed by atoms with E-state index in [1.807, 2.05) is 19.1 Å². The molecule has 0 saturated heterocycles. The molecule has 2 heteroatoms. The zero-order valence-corrected chi connectivity index (χ0v) is 12.4. The van der Waals surface area contributed by atoms with Crippen LogP contribution < -0.4 is 0 Å². The minimum absolute atomic E-state index is 0.786. The predicted molar refractivity (Wildman–Crippen MR) is 82.0 cm³/mol. The van der Waals surface area contributed by atoms with Crippen molar-refractivity contribution in [2.75, 3.05) is 0 Å². The number of hydrogen-bond donors (Lipinski definition) is 0. The lowest BCUT2D eigenvalue weighted by Gasteiger charge is -2.07. The Bertz CT molecular complexity index is 582. The summed E-state index contributed by atoms with van der Waals surface area (Å²) in [7, 11) is 0. The zero-order valence-electron chi connectivity index (χ0n) is 11.6. The van der Waals surface area contributed by atoms with Crippen LogP contribution in [0.1, 0.15) is 32.6 Å². The first-order chi connectivity index (χ1) is 9.08. The van der Waals surface area contributed by atoms with Crippen molar-refractivity contribution < 1.29 is 4.79 Å². The highest BCUT2D eigenvalue weighted by molar-refractivity contribution is 7.98. The Morgan fingerprint density at radius 1 is 0.947 bits per heavy atom. The minimum Gasteiger partial charge on any atom is -0.298 e. The van der Waals surface area contributed by atoms with Gasteiger partial charge in [-0.25, -0.2) is 0 Å². The van der Waals surface area contributed by atoms with Crippen LogP contribution >= 0.6 is 11.8 Å². The summed E-state index contributed by atoms with van der Waals surface area (Å²) in [6, 6.07) is 12.6. The SMILES string of the molecule is Cc1cc(C)cc(CSc2ccc(C)cc2C=O)c1. The van der Waals surface area contributed by atoms with Crippen molar-refractivity contribution in [3.8, 4) is 0 Å². The van der Waals surface area contributed by atoms with Gasteiger partial charge in [0, 0.05) is 16.2 Å². The van der Waals surface area contributed by atoms with Crippen LogP contribution in [0, 0.1) is 20.8 Å². The molecule has 0 spiro atoms. The Morgan fingerprint density at radius 3 is 2.26 bits per heavy atom. The summed E-state index contributed by atoms with van der Waals surface area (Å²) in [5.41, 5.74) is 5.79. The van der Waals surface area contributed by atoms with E-state index in [-0.39, 0.29) is 0 Å². The van der Waals surface area contributed by atoms with Gasteiger partial charge in [-0.3, -0.25) is 4.79 Å². The van der Waals surface area contributed by atoms with Gasteiger partial charge in [0.15, 0.2) is 6.29 Å². The Hall–Kier alpha value is -1.54. The van der Waals surface area contributed by atoms with Gasteiger partial charge in [-0.05, 0) is 38.5 Å². The average Bonchev–Trinajstić information content (AvgIpc) is 2.36. The van der Waals surface area contributed by atoms with Crippen LogP contribution in [0.15, 0.2) is 41.3 Å². The summed E-state index contributed by atoms with van der Waals surface area (Å²) in [6.45, 7) is 6.24. The van der Waals surface area contributed by atoms with Crippen molar-refractivity contribution in [2.45, 2.75) is 31.4 Å². The van der Waals surface area contributed by atoms with Gasteiger partial charge in [-0.2, -0.15) is 0 Å². The first-order valence-corrected chi connectivity index (χ1v) is 7.33. The van der Waals surface area contributed by atoms with Crippen LogP contribution in [0.4, 0.5) is 0 Å². The molecule has 98 valence electrons. The van der Waals surface area contributed by atoms with Crippen molar-refractivity contribution in [1.29, 1.82) is 0 Å². The van der Waals surface area contributed by atoms with Crippen molar-refractivity contribution in [3.05, 3.63) is 64.2 Å². The fourth-order valence-electron chi connectivity index (χ4n) is 2.20. The Labute approximate surface area is 119 Å². The highest BCUT2D eigenvalue weighted by Crippen LogP contribution is 2.27. The predicted octanol–water partition coefficient (Wildman–Crippen LogP) is 4.72. The van der Waals surface area contributed by atoms with Crippen LogP contribution in [0.25, 0.3) is 0 Å². The summed E-state index contributed by atoms with van der Waals surface area (Å²) >= 11 is 1.72. The molecular weight excluding hydrogens is 252 g/mol. The van der Waals surface area contributed by atoms with Gasteiger partial charge in [0.05, 0.1) is 0 Å². The molecule has 0 aliphatic heterocycles. The molecule has 2 aromatic carbocycles. The van der Waals surface area contributed by atoms with E-state index in [0.29, 0.717) is 0 Å². The molecule has 0 heterocycles. The largest absolute Gasteiger partial charge is 0.298 e. The second kappa shape index (κ2) is 6.07. The first-order valence-electron chi connectivity index (χ1n) is 6.34. The number of aryl methyl sites for hydroxylation is 3. The molecule has 2 aromatic rings. The Balaban J connectivity index is 2.16. The number of thioether (sulfide) groups is 1. The van der Waals surface area contributed by atoms with Crippen LogP contribution in [0.5, 0.6) is 0 Å². The fraction of sp³-hybridized carbons (Fsp3) is 0.235. The Kier molecular flexibility index (Phi) is 4.43. The van der Waals surface area contributed by atoms with E-state index >= 15 is 0 Å². The van der Waals surface area contributed by atoms with Crippen molar-refractivity contribution >= 4 is 18.0 Å². The van der Waals surface area contributed by atoms with E-state index in [4.69, 9.17) is 0 Å². The van der Waals surface area contributed by atoms with E-state index in [1.165, 1.54) is 16.7 Å². The maximum absolute atomic E-state index is 11.1. The molecule has 0 unspecified atom stereocenters. The second-order valence-corrected chi connectivity index (χ2v) is 5.96. The average molecular weight is 270 g/mol. The normalized spacial score (nSPS) is 10.5. The number of carbonyl (C=O) groups is 1. The number of benzene rings is 2. The molecule has 0 amide bonds. The Morgan fingerprint density at radius 2 is 1.63 bits per heavy atom. The molecule has 0 aliphatic rings. The molecule has 2 rings (SSSR count). The quantitative estimate of drug-likeness (QED) is 0.591. The van der Waals surface area contributed by atoms with Crippen molar-refractivity contribution in [1.82, 2.24) is 0 Å². The van der Waals surface area contributed by atoms with Crippen molar-refractivity contribution in [3.63, 3.8) is 0 Å². The first kappa shape index (κ1) is 13.9. The van der Waals surface area contributed by atoms with E-state index in [0.717, 1.165) is 28.1 Å². The van der Waals surface area contributed by atoms with E-state index in [1.54, 1.807) is 11.8 Å². The molecule has 0 fully saturated rings. The zero-order chi connectivity index (χ0) is 13.8. The number of rotatable bonds is 4. The molecule has 0 saturated carbocycles. The van der Waals surface area contributed by atoms with E-state index < -0.39 is 0 Å². The molecule has 0 N–H and O–H groups in total. The summed E-state index contributed by atoms with van der Waals surface area (Å²) in [5.74, 6) is 0.895. The summed E-state index contributed by atoms with van der Waals surface area (Å²) in [6.07, 6.45) is 0.941. The highest BCUT2D eigenvalue weighted by Gasteiger charge is 2.04. The molecule has 0 atom stereocenters. The van der Waals surface area contributed by atoms with Gasteiger partial charge in [-0.1, -0.05) is 41.0 Å². The lowest BCUT2D eigenvalue weighted by molar-refractivity contribution is 0.112. The lowest BCUT2D eigenvalue weighted by Crippen LogP contribution is -1.89. The van der Waals surface area contributed by atoms with Crippen molar-refractivity contribution in [2.24, 2.45) is 0 Å². The molecule has 19 heavy (non-hydrogen) atoms. The number of hydrogen-bond acceptors (Lipinski definition) is 2. The lowest BCUT2D eigenvalue weighted by atomic mass is 10.1. The third-order valence-electron chi connectivity index (χ3n) is 2.97. The number of aldehydes is 1. The molecule has 1 nitrogen and oxygen atoms in total. The van der Waals surface area contributed by atoms with Gasteiger partial charge < -0.3 is 0 Å². The molecule has 0 aromatic heterocycles. The van der Waals surface area contributed by atoms with Crippen LogP contribution in [-0.4, -0.2) is 6.29 Å². The molecular formula is C17H18OS. The number of carbonyl (C=O) groups excluding carboxylic acids is 1. The van der Waals surface area contributed by atoms with E-state index in [9.17, 15) is 4.79 Å². The third kappa shape index (κ3) is 3.71. The molecule has 0 aliphatic carbocycles. The third-order valence-corrected chi connectivity index (χ3v) is 4.13. The van der Waals surface area contributed by atoms with E-state index in [2.05, 4.69) is 38.1 Å². The maximum atomic E-state index is 11.1. The van der Waals surface area contributed by atoms with Gasteiger partial charge in [0.25, 0.3) is 0 Å².